The van der Waals surface area contributed by atoms with E-state index in [-0.39, 0.29) is 0 Å². The van der Waals surface area contributed by atoms with Crippen LogP contribution in [0.3, 0.4) is 0 Å². The average molecular weight is 728 g/mol. The van der Waals surface area contributed by atoms with E-state index in [0.717, 1.165) is 94.0 Å². The summed E-state index contributed by atoms with van der Waals surface area (Å²) < 4.78 is 13.3. The Balaban J connectivity index is 1.07. The summed E-state index contributed by atoms with van der Waals surface area (Å²) in [6, 6.07) is 71.6. The van der Waals surface area contributed by atoms with E-state index in [1.807, 2.05) is 12.1 Å². The Morgan fingerprint density at radius 3 is 1.56 bits per heavy atom. The summed E-state index contributed by atoms with van der Waals surface area (Å²) in [5, 5.41) is 11.5. The minimum Gasteiger partial charge on any atom is -0.455 e. The van der Waals surface area contributed by atoms with E-state index in [2.05, 4.69) is 193 Å². The molecule has 0 saturated heterocycles. The monoisotopic (exact) mass is 727 g/mol. The molecule has 0 atom stereocenters. The van der Waals surface area contributed by atoms with E-state index in [4.69, 9.17) is 8.83 Å². The van der Waals surface area contributed by atoms with E-state index in [1.165, 1.54) is 21.5 Å². The van der Waals surface area contributed by atoms with Gasteiger partial charge in [-0.3, -0.25) is 0 Å². The molecule has 0 bridgehead atoms. The van der Waals surface area contributed by atoms with Crippen LogP contribution in [0.15, 0.2) is 209 Å². The number of nitrogens with zero attached hydrogens (tertiary/aromatic N) is 1. The second-order valence-electron chi connectivity index (χ2n) is 14.9. The zero-order valence-electron chi connectivity index (χ0n) is 30.8. The third-order valence-corrected chi connectivity index (χ3v) is 11.6. The maximum Gasteiger partial charge on any atom is 0.143 e. The van der Waals surface area contributed by atoms with E-state index in [0.29, 0.717) is 0 Å². The lowest BCUT2D eigenvalue weighted by atomic mass is 9.93. The van der Waals surface area contributed by atoms with Gasteiger partial charge >= 0.3 is 0 Å². The Morgan fingerprint density at radius 1 is 0.316 bits per heavy atom. The van der Waals surface area contributed by atoms with E-state index in [1.54, 1.807) is 0 Å². The van der Waals surface area contributed by atoms with Crippen LogP contribution in [0.2, 0.25) is 0 Å². The molecule has 0 amide bonds. The van der Waals surface area contributed by atoms with Gasteiger partial charge in [-0.15, -0.1) is 0 Å². The highest BCUT2D eigenvalue weighted by Crippen LogP contribution is 2.47. The third kappa shape index (κ3) is 4.99. The van der Waals surface area contributed by atoms with Gasteiger partial charge in [-0.2, -0.15) is 0 Å². The largest absolute Gasteiger partial charge is 0.455 e. The highest BCUT2D eigenvalue weighted by molar-refractivity contribution is 6.23. The predicted octanol–water partition coefficient (Wildman–Crippen LogP) is 15.7. The van der Waals surface area contributed by atoms with Crippen molar-refractivity contribution in [2.45, 2.75) is 0 Å². The Kier molecular flexibility index (Phi) is 6.93. The van der Waals surface area contributed by atoms with Crippen LogP contribution < -0.4 is 4.90 Å². The quantitative estimate of drug-likeness (QED) is 0.177. The van der Waals surface area contributed by atoms with Gasteiger partial charge in [0.15, 0.2) is 0 Å². The average Bonchev–Trinajstić information content (AvgIpc) is 3.86. The minimum absolute atomic E-state index is 0.852. The standard InChI is InChI=1S/C54H33NO2/c1-3-13-38-31-40(29-27-34(38)11-1)55(41-30-28-35-12-2-4-14-39(35)32-41)49-20-10-22-51-52(49)48-33-47(43-15-5-6-17-45(43)54(48)57-51)37-25-23-36(24-26-37)42-18-9-19-46-44-16-7-8-21-50(44)56-53(42)46/h1-33H. The summed E-state index contributed by atoms with van der Waals surface area (Å²) in [6.07, 6.45) is 0. The molecule has 0 aliphatic rings. The zero-order chi connectivity index (χ0) is 37.5. The molecule has 57 heavy (non-hydrogen) atoms. The SMILES string of the molecule is c1ccc2cc(N(c3ccc4ccccc4c3)c3cccc4oc5c6ccccc6c(-c6ccc(-c7cccc8c7oc7ccccc78)cc6)cc5c34)ccc2c1. The fraction of sp³-hybridized carbons (Fsp3) is 0. The summed E-state index contributed by atoms with van der Waals surface area (Å²) in [4.78, 5) is 2.39. The van der Waals surface area contributed by atoms with Crippen molar-refractivity contribution in [3.8, 4) is 22.3 Å². The van der Waals surface area contributed by atoms with Crippen molar-refractivity contribution in [2.75, 3.05) is 4.90 Å². The molecule has 3 nitrogen and oxygen atoms in total. The van der Waals surface area contributed by atoms with Gasteiger partial charge in [-0.25, -0.2) is 0 Å². The van der Waals surface area contributed by atoms with Crippen molar-refractivity contribution in [1.82, 2.24) is 0 Å². The fourth-order valence-electron chi connectivity index (χ4n) is 8.92. The van der Waals surface area contributed by atoms with Crippen molar-refractivity contribution in [1.29, 1.82) is 0 Å². The van der Waals surface area contributed by atoms with Crippen molar-refractivity contribution >= 4 is 93.3 Å². The lowest BCUT2D eigenvalue weighted by Gasteiger charge is -2.27. The Labute approximate surface area is 328 Å². The molecule has 12 rings (SSSR count). The minimum atomic E-state index is 0.852. The molecule has 3 heteroatoms. The molecule has 0 unspecified atom stereocenters. The summed E-state index contributed by atoms with van der Waals surface area (Å²) in [5.41, 5.74) is 11.3. The first-order valence-corrected chi connectivity index (χ1v) is 19.4. The van der Waals surface area contributed by atoms with Crippen LogP contribution >= 0.6 is 0 Å². The van der Waals surface area contributed by atoms with Crippen molar-refractivity contribution in [2.24, 2.45) is 0 Å². The molecule has 266 valence electrons. The number of fused-ring (bicyclic) bond motifs is 10. The highest BCUT2D eigenvalue weighted by atomic mass is 16.3. The summed E-state index contributed by atoms with van der Waals surface area (Å²) in [5.74, 6) is 0. The molecule has 0 radical (unpaired) electrons. The molecule has 0 N–H and O–H groups in total. The van der Waals surface area contributed by atoms with Crippen LogP contribution in [0.25, 0.3) is 98.4 Å². The van der Waals surface area contributed by atoms with Gasteiger partial charge in [0.25, 0.3) is 0 Å². The van der Waals surface area contributed by atoms with Crippen LogP contribution in [0.5, 0.6) is 0 Å². The number of benzene rings is 10. The van der Waals surface area contributed by atoms with Crippen LogP contribution in [0, 0.1) is 0 Å². The number of anilines is 3. The smallest absolute Gasteiger partial charge is 0.143 e. The van der Waals surface area contributed by atoms with Gasteiger partial charge < -0.3 is 13.7 Å². The first-order chi connectivity index (χ1) is 28.2. The van der Waals surface area contributed by atoms with Gasteiger partial charge in [-0.05, 0) is 92.2 Å². The molecular formula is C54H33NO2. The second kappa shape index (κ2) is 12.5. The highest BCUT2D eigenvalue weighted by Gasteiger charge is 2.22. The predicted molar refractivity (Wildman–Crippen MR) is 239 cm³/mol. The van der Waals surface area contributed by atoms with E-state index < -0.39 is 0 Å². The zero-order valence-corrected chi connectivity index (χ0v) is 30.8. The first kappa shape index (κ1) is 31.7. The van der Waals surface area contributed by atoms with Crippen molar-refractivity contribution < 1.29 is 8.83 Å². The molecule has 2 heterocycles. The van der Waals surface area contributed by atoms with Crippen molar-refractivity contribution in [3.05, 3.63) is 200 Å². The maximum atomic E-state index is 6.87. The molecule has 0 spiro atoms. The number of rotatable bonds is 5. The van der Waals surface area contributed by atoms with Gasteiger partial charge in [0, 0.05) is 38.5 Å². The lowest BCUT2D eigenvalue weighted by molar-refractivity contribution is 0.670. The van der Waals surface area contributed by atoms with Gasteiger partial charge in [0.1, 0.15) is 22.3 Å². The Bertz CT molecular complexity index is 3460. The van der Waals surface area contributed by atoms with Crippen LogP contribution in [-0.2, 0) is 0 Å². The molecule has 10 aromatic carbocycles. The second-order valence-corrected chi connectivity index (χ2v) is 14.9. The van der Waals surface area contributed by atoms with Crippen LogP contribution in [-0.4, -0.2) is 0 Å². The summed E-state index contributed by atoms with van der Waals surface area (Å²) >= 11 is 0. The maximum absolute atomic E-state index is 6.87. The molecule has 12 aromatic rings. The Morgan fingerprint density at radius 2 is 0.842 bits per heavy atom. The Hall–Kier alpha value is -7.62. The summed E-state index contributed by atoms with van der Waals surface area (Å²) in [7, 11) is 0. The molecule has 0 aliphatic heterocycles. The van der Waals surface area contributed by atoms with Gasteiger partial charge in [0.2, 0.25) is 0 Å². The normalized spacial score (nSPS) is 11.9. The van der Waals surface area contributed by atoms with Crippen LogP contribution in [0.1, 0.15) is 0 Å². The van der Waals surface area contributed by atoms with Crippen molar-refractivity contribution in [3.63, 3.8) is 0 Å². The third-order valence-electron chi connectivity index (χ3n) is 11.6. The van der Waals surface area contributed by atoms with Gasteiger partial charge in [0.05, 0.1) is 11.1 Å². The topological polar surface area (TPSA) is 29.5 Å². The van der Waals surface area contributed by atoms with Gasteiger partial charge in [-0.1, -0.05) is 152 Å². The van der Waals surface area contributed by atoms with E-state index >= 15 is 0 Å². The van der Waals surface area contributed by atoms with Crippen LogP contribution in [0.4, 0.5) is 17.1 Å². The number of furan rings is 2. The molecule has 0 saturated carbocycles. The summed E-state index contributed by atoms with van der Waals surface area (Å²) in [6.45, 7) is 0. The first-order valence-electron chi connectivity index (χ1n) is 19.4. The fourth-order valence-corrected chi connectivity index (χ4v) is 8.92. The molecular weight excluding hydrogens is 695 g/mol. The number of hydrogen-bond acceptors (Lipinski definition) is 3. The van der Waals surface area contributed by atoms with E-state index in [9.17, 15) is 0 Å². The molecule has 0 fully saturated rings. The number of hydrogen-bond donors (Lipinski definition) is 0. The molecule has 2 aromatic heterocycles. The molecule has 0 aliphatic carbocycles. The number of para-hydroxylation sites is 2. The lowest BCUT2D eigenvalue weighted by Crippen LogP contribution is -2.10.